The molecule has 0 aliphatic heterocycles. The summed E-state index contributed by atoms with van der Waals surface area (Å²) >= 11 is 0. The third-order valence-corrected chi connectivity index (χ3v) is 2.03. The van der Waals surface area contributed by atoms with Gasteiger partial charge in [-0.05, 0) is 18.2 Å². The highest BCUT2D eigenvalue weighted by molar-refractivity contribution is 5.62. The molecule has 0 spiro atoms. The van der Waals surface area contributed by atoms with E-state index in [9.17, 15) is 0 Å². The van der Waals surface area contributed by atoms with Gasteiger partial charge >= 0.3 is 0 Å². The summed E-state index contributed by atoms with van der Waals surface area (Å²) in [6.45, 7) is 5.56. The van der Waals surface area contributed by atoms with Gasteiger partial charge in [-0.1, -0.05) is 12.1 Å². The second-order valence-corrected chi connectivity index (χ2v) is 3.13. The molecule has 0 aliphatic carbocycles. The molecule has 2 rings (SSSR count). The number of nitrogens with zero attached hydrogens (tertiary/aromatic N) is 2. The number of benzene rings is 1. The molecular formula is C12H11N3O. The van der Waals surface area contributed by atoms with Crippen molar-refractivity contribution in [2.45, 2.75) is 0 Å². The summed E-state index contributed by atoms with van der Waals surface area (Å²) in [5.41, 5.74) is 1.22. The quantitative estimate of drug-likeness (QED) is 0.849. The first-order chi connectivity index (χ1) is 7.79. The molecule has 1 aromatic carbocycles. The Morgan fingerprint density at radius 2 is 2.06 bits per heavy atom. The lowest BCUT2D eigenvalue weighted by molar-refractivity contribution is 0.417. The molecule has 4 heteroatoms. The summed E-state index contributed by atoms with van der Waals surface area (Å²) in [5, 5.41) is 3.04. The van der Waals surface area contributed by atoms with Gasteiger partial charge in [-0.3, -0.25) is 0 Å². The molecule has 1 heterocycles. The van der Waals surface area contributed by atoms with Gasteiger partial charge in [0.2, 0.25) is 5.95 Å². The Labute approximate surface area is 94.3 Å². The minimum absolute atomic E-state index is 0.424. The van der Waals surface area contributed by atoms with E-state index >= 15 is 0 Å². The zero-order chi connectivity index (χ0) is 11.4. The van der Waals surface area contributed by atoms with Gasteiger partial charge in [0.1, 0.15) is 5.75 Å². The smallest absolute Gasteiger partial charge is 0.227 e. The van der Waals surface area contributed by atoms with Crippen molar-refractivity contribution < 1.29 is 4.74 Å². The molecule has 0 unspecified atom stereocenters. The first-order valence-electron chi connectivity index (χ1n) is 4.78. The van der Waals surface area contributed by atoms with Crippen LogP contribution in [0.3, 0.4) is 0 Å². The second-order valence-electron chi connectivity index (χ2n) is 3.13. The van der Waals surface area contributed by atoms with Gasteiger partial charge in [-0.2, -0.15) is 0 Å². The fraction of sp³-hybridized carbons (Fsp3) is 0.0833. The Morgan fingerprint density at radius 1 is 1.25 bits per heavy atom. The summed E-state index contributed by atoms with van der Waals surface area (Å²) in [6.07, 6.45) is 1.60. The minimum atomic E-state index is 0.424. The van der Waals surface area contributed by atoms with Crippen molar-refractivity contribution in [1.82, 2.24) is 9.97 Å². The predicted molar refractivity (Wildman–Crippen MR) is 61.7 cm³/mol. The summed E-state index contributed by atoms with van der Waals surface area (Å²) in [6, 6.07) is 9.16. The van der Waals surface area contributed by atoms with Crippen molar-refractivity contribution in [2.75, 3.05) is 12.4 Å². The van der Waals surface area contributed by atoms with Crippen LogP contribution in [0.1, 0.15) is 5.69 Å². The molecular weight excluding hydrogens is 202 g/mol. The maximum atomic E-state index is 5.56. The molecule has 0 saturated heterocycles. The molecule has 0 atom stereocenters. The molecule has 0 bridgehead atoms. The monoisotopic (exact) mass is 213 g/mol. The van der Waals surface area contributed by atoms with Crippen LogP contribution in [0, 0.1) is 6.92 Å². The number of hydrogen-bond donors (Lipinski definition) is 1. The summed E-state index contributed by atoms with van der Waals surface area (Å²) in [5.74, 6) is 1.18. The van der Waals surface area contributed by atoms with E-state index in [4.69, 9.17) is 11.7 Å². The Hall–Kier alpha value is -2.10. The van der Waals surface area contributed by atoms with Crippen LogP contribution in [0.15, 0.2) is 36.5 Å². The number of anilines is 2. The zero-order valence-corrected chi connectivity index (χ0v) is 8.84. The highest BCUT2D eigenvalue weighted by Gasteiger charge is 2.03. The van der Waals surface area contributed by atoms with Crippen LogP contribution in [0.4, 0.5) is 11.6 Å². The molecule has 16 heavy (non-hydrogen) atoms. The molecule has 4 nitrogen and oxygen atoms in total. The van der Waals surface area contributed by atoms with Gasteiger partial charge < -0.3 is 10.1 Å². The van der Waals surface area contributed by atoms with Crippen LogP contribution in [-0.4, -0.2) is 17.1 Å². The maximum Gasteiger partial charge on any atom is 0.227 e. The number of aromatic nitrogens is 2. The van der Waals surface area contributed by atoms with Gasteiger partial charge in [0.25, 0.3) is 0 Å². The Kier molecular flexibility index (Phi) is 3.00. The number of methoxy groups -OCH3 is 1. The number of rotatable bonds is 3. The van der Waals surface area contributed by atoms with Crippen LogP contribution in [0.25, 0.3) is 0 Å². The number of ether oxygens (including phenoxy) is 1. The maximum absolute atomic E-state index is 5.56. The third kappa shape index (κ3) is 2.28. The van der Waals surface area contributed by atoms with E-state index in [0.717, 1.165) is 11.4 Å². The van der Waals surface area contributed by atoms with E-state index in [-0.39, 0.29) is 0 Å². The molecule has 2 radical (unpaired) electrons. The summed E-state index contributed by atoms with van der Waals surface area (Å²) in [4.78, 5) is 8.10. The average molecular weight is 213 g/mol. The van der Waals surface area contributed by atoms with E-state index in [1.807, 2.05) is 24.3 Å². The van der Waals surface area contributed by atoms with Crippen molar-refractivity contribution >= 4 is 11.6 Å². The fourth-order valence-corrected chi connectivity index (χ4v) is 1.30. The average Bonchev–Trinajstić information content (AvgIpc) is 2.30. The van der Waals surface area contributed by atoms with E-state index in [1.54, 1.807) is 19.4 Å². The van der Waals surface area contributed by atoms with Crippen molar-refractivity contribution in [3.05, 3.63) is 49.1 Å². The van der Waals surface area contributed by atoms with Gasteiger partial charge in [0.05, 0.1) is 18.5 Å². The van der Waals surface area contributed by atoms with Crippen LogP contribution in [0.5, 0.6) is 5.75 Å². The lowest BCUT2D eigenvalue weighted by Gasteiger charge is -2.09. The van der Waals surface area contributed by atoms with Crippen molar-refractivity contribution in [3.63, 3.8) is 0 Å². The van der Waals surface area contributed by atoms with Gasteiger partial charge in [0.15, 0.2) is 0 Å². The van der Waals surface area contributed by atoms with Crippen LogP contribution < -0.4 is 10.1 Å². The normalized spacial score (nSPS) is 9.88. The highest BCUT2D eigenvalue weighted by Crippen LogP contribution is 2.25. The van der Waals surface area contributed by atoms with Crippen molar-refractivity contribution in [1.29, 1.82) is 0 Å². The number of para-hydroxylation sites is 2. The second kappa shape index (κ2) is 4.61. The predicted octanol–water partition coefficient (Wildman–Crippen LogP) is 2.29. The van der Waals surface area contributed by atoms with E-state index < -0.39 is 0 Å². The molecule has 0 fully saturated rings. The number of nitrogens with one attached hydrogen (secondary N) is 1. The van der Waals surface area contributed by atoms with Crippen LogP contribution in [0.2, 0.25) is 0 Å². The van der Waals surface area contributed by atoms with Gasteiger partial charge in [-0.25, -0.2) is 9.97 Å². The van der Waals surface area contributed by atoms with E-state index in [1.165, 1.54) is 0 Å². The molecule has 1 aromatic heterocycles. The van der Waals surface area contributed by atoms with E-state index in [0.29, 0.717) is 11.6 Å². The molecule has 0 amide bonds. The van der Waals surface area contributed by atoms with Crippen LogP contribution >= 0.6 is 0 Å². The largest absolute Gasteiger partial charge is 0.495 e. The lowest BCUT2D eigenvalue weighted by atomic mass is 10.3. The zero-order valence-electron chi connectivity index (χ0n) is 8.84. The Bertz CT molecular complexity index is 485. The first-order valence-corrected chi connectivity index (χ1v) is 4.78. The van der Waals surface area contributed by atoms with Crippen LogP contribution in [-0.2, 0) is 0 Å². The molecule has 80 valence electrons. The molecule has 0 saturated carbocycles. The molecule has 2 aromatic rings. The highest BCUT2D eigenvalue weighted by atomic mass is 16.5. The lowest BCUT2D eigenvalue weighted by Crippen LogP contribution is -1.99. The first kappa shape index (κ1) is 10.4. The molecule has 0 aliphatic rings. The SMILES string of the molecule is [CH]c1ccnc(Nc2ccccc2OC)n1. The third-order valence-electron chi connectivity index (χ3n) is 2.03. The summed E-state index contributed by atoms with van der Waals surface area (Å²) < 4.78 is 5.20. The van der Waals surface area contributed by atoms with Crippen molar-refractivity contribution in [3.8, 4) is 5.75 Å². The minimum Gasteiger partial charge on any atom is -0.495 e. The standard InChI is InChI=1S/C12H11N3O/c1-9-7-8-13-12(14-9)15-10-5-3-4-6-11(10)16-2/h1,3-8H,2H3,(H,13,14,15). The fourth-order valence-electron chi connectivity index (χ4n) is 1.30. The Balaban J connectivity index is 2.26. The Morgan fingerprint density at radius 3 is 2.81 bits per heavy atom. The van der Waals surface area contributed by atoms with Gasteiger partial charge in [0, 0.05) is 13.1 Å². The summed E-state index contributed by atoms with van der Waals surface area (Å²) in [7, 11) is 1.61. The van der Waals surface area contributed by atoms with Crippen molar-refractivity contribution in [2.24, 2.45) is 0 Å². The number of hydrogen-bond acceptors (Lipinski definition) is 4. The van der Waals surface area contributed by atoms with E-state index in [2.05, 4.69) is 15.3 Å². The van der Waals surface area contributed by atoms with Gasteiger partial charge in [-0.15, -0.1) is 0 Å². The molecule has 1 N–H and O–H groups in total. The topological polar surface area (TPSA) is 47.0 Å².